The molecule has 2 heterocycles. The number of carbonyl (C=O) groups excluding carboxylic acids is 2. The molecule has 12 heteroatoms. The van der Waals surface area contributed by atoms with E-state index >= 15 is 0 Å². The first kappa shape index (κ1) is 28.7. The van der Waals surface area contributed by atoms with Crippen LogP contribution in [0.25, 0.3) is 11.4 Å². The van der Waals surface area contributed by atoms with E-state index in [4.69, 9.17) is 27.9 Å². The second kappa shape index (κ2) is 13.2. The zero-order valence-corrected chi connectivity index (χ0v) is 23.9. The molecule has 0 aliphatic heterocycles. The molecular formula is C30H25Cl2N7O3. The molecule has 0 bridgehead atoms. The van der Waals surface area contributed by atoms with E-state index < -0.39 is 17.9 Å². The summed E-state index contributed by atoms with van der Waals surface area (Å²) in [7, 11) is 1.59. The highest BCUT2D eigenvalue weighted by Crippen LogP contribution is 2.29. The number of hydrogen-bond acceptors (Lipinski definition) is 7. The van der Waals surface area contributed by atoms with Crippen molar-refractivity contribution in [2.45, 2.75) is 19.1 Å². The van der Waals surface area contributed by atoms with Crippen molar-refractivity contribution in [3.8, 4) is 17.1 Å². The maximum absolute atomic E-state index is 14.0. The average Bonchev–Trinajstić information content (AvgIpc) is 3.48. The van der Waals surface area contributed by atoms with Crippen LogP contribution >= 0.6 is 23.2 Å². The maximum atomic E-state index is 14.0. The van der Waals surface area contributed by atoms with Crippen LogP contribution in [0.5, 0.6) is 5.75 Å². The van der Waals surface area contributed by atoms with Gasteiger partial charge < -0.3 is 10.1 Å². The molecule has 0 spiro atoms. The lowest BCUT2D eigenvalue weighted by molar-refractivity contribution is -0.127. The van der Waals surface area contributed by atoms with Crippen LogP contribution in [0, 0.1) is 0 Å². The van der Waals surface area contributed by atoms with Crippen LogP contribution in [-0.4, -0.2) is 44.1 Å². The quantitative estimate of drug-likeness (QED) is 0.235. The number of aromatic nitrogens is 5. The third-order valence-electron chi connectivity index (χ3n) is 6.36. The Bertz CT molecular complexity index is 1650. The fraction of sp³-hybridized carbons (Fsp3) is 0.133. The van der Waals surface area contributed by atoms with E-state index in [-0.39, 0.29) is 13.1 Å². The van der Waals surface area contributed by atoms with Gasteiger partial charge in [-0.15, -0.1) is 10.2 Å². The minimum Gasteiger partial charge on any atom is -0.497 e. The summed E-state index contributed by atoms with van der Waals surface area (Å²) >= 11 is 12.1. The van der Waals surface area contributed by atoms with Crippen molar-refractivity contribution < 1.29 is 14.3 Å². The molecule has 1 N–H and O–H groups in total. The Kier molecular flexibility index (Phi) is 9.05. The molecule has 5 aromatic rings. The van der Waals surface area contributed by atoms with Crippen molar-refractivity contribution in [2.75, 3.05) is 12.0 Å². The van der Waals surface area contributed by atoms with E-state index in [1.54, 1.807) is 80.2 Å². The van der Waals surface area contributed by atoms with Crippen molar-refractivity contribution in [3.05, 3.63) is 118 Å². The molecule has 0 fully saturated rings. The van der Waals surface area contributed by atoms with Gasteiger partial charge >= 0.3 is 0 Å². The standard InChI is InChI=1S/C30H25Cl2N7O3/c1-42-26-12-2-20(3-13-26)18-34-30(41)28(21-14-16-33-17-15-21)39(25-10-8-24(32)9-11-25)27(40)19-38-36-29(35-37-38)22-4-6-23(31)7-5-22/h2-17,28H,18-19H2,1H3,(H,34,41)/t28-/m0/s1. The number of anilines is 1. The summed E-state index contributed by atoms with van der Waals surface area (Å²) in [6.45, 7) is -0.0430. The summed E-state index contributed by atoms with van der Waals surface area (Å²) in [6, 6.07) is 23.3. The summed E-state index contributed by atoms with van der Waals surface area (Å²) in [5, 5.41) is 16.5. The van der Waals surface area contributed by atoms with Crippen LogP contribution in [0.15, 0.2) is 97.3 Å². The van der Waals surface area contributed by atoms with Crippen LogP contribution in [0.3, 0.4) is 0 Å². The van der Waals surface area contributed by atoms with Gasteiger partial charge in [-0.3, -0.25) is 19.5 Å². The Morgan fingerprint density at radius 2 is 1.55 bits per heavy atom. The molecule has 0 aliphatic rings. The average molecular weight is 602 g/mol. The van der Waals surface area contributed by atoms with Gasteiger partial charge in [0, 0.05) is 40.2 Å². The van der Waals surface area contributed by atoms with Crippen LogP contribution in [-0.2, 0) is 22.7 Å². The van der Waals surface area contributed by atoms with E-state index in [2.05, 4.69) is 25.7 Å². The van der Waals surface area contributed by atoms with E-state index in [9.17, 15) is 9.59 Å². The Morgan fingerprint density at radius 3 is 2.19 bits per heavy atom. The fourth-order valence-electron chi connectivity index (χ4n) is 4.25. The molecule has 0 saturated carbocycles. The number of halogens is 2. The van der Waals surface area contributed by atoms with Crippen molar-refractivity contribution in [1.29, 1.82) is 0 Å². The number of rotatable bonds is 10. The van der Waals surface area contributed by atoms with E-state index in [0.29, 0.717) is 38.4 Å². The molecule has 3 aromatic carbocycles. The molecule has 0 radical (unpaired) electrons. The van der Waals surface area contributed by atoms with Gasteiger partial charge in [0.05, 0.1) is 7.11 Å². The van der Waals surface area contributed by atoms with E-state index in [1.165, 1.54) is 9.70 Å². The van der Waals surface area contributed by atoms with Crippen LogP contribution in [0.4, 0.5) is 5.69 Å². The smallest absolute Gasteiger partial charge is 0.251 e. The van der Waals surface area contributed by atoms with Gasteiger partial charge in [0.2, 0.25) is 11.7 Å². The number of nitrogens with zero attached hydrogens (tertiary/aromatic N) is 6. The lowest BCUT2D eigenvalue weighted by atomic mass is 10.0. The molecule has 212 valence electrons. The van der Waals surface area contributed by atoms with Crippen LogP contribution < -0.4 is 15.0 Å². The number of methoxy groups -OCH3 is 1. The third kappa shape index (κ3) is 6.91. The number of ether oxygens (including phenoxy) is 1. The second-order valence-electron chi connectivity index (χ2n) is 9.14. The fourth-order valence-corrected chi connectivity index (χ4v) is 4.51. The molecule has 2 amide bonds. The van der Waals surface area contributed by atoms with Crippen molar-refractivity contribution in [1.82, 2.24) is 30.5 Å². The molecule has 0 unspecified atom stereocenters. The van der Waals surface area contributed by atoms with Gasteiger partial charge in [-0.05, 0) is 89.1 Å². The Balaban J connectivity index is 1.46. The highest BCUT2D eigenvalue weighted by atomic mass is 35.5. The van der Waals surface area contributed by atoms with Crippen LogP contribution in [0.1, 0.15) is 17.2 Å². The van der Waals surface area contributed by atoms with Crippen LogP contribution in [0.2, 0.25) is 10.0 Å². The lowest BCUT2D eigenvalue weighted by Crippen LogP contribution is -2.45. The highest BCUT2D eigenvalue weighted by Gasteiger charge is 2.33. The minimum absolute atomic E-state index is 0.238. The number of pyridine rings is 1. The maximum Gasteiger partial charge on any atom is 0.251 e. The van der Waals surface area contributed by atoms with Crippen molar-refractivity contribution >= 4 is 40.7 Å². The summed E-state index contributed by atoms with van der Waals surface area (Å²) in [6.07, 6.45) is 3.14. The van der Waals surface area contributed by atoms with Gasteiger partial charge in [0.25, 0.3) is 5.91 Å². The van der Waals surface area contributed by atoms with Gasteiger partial charge in [0.1, 0.15) is 18.3 Å². The van der Waals surface area contributed by atoms with Crippen molar-refractivity contribution in [2.24, 2.45) is 0 Å². The van der Waals surface area contributed by atoms with Gasteiger partial charge in [0.15, 0.2) is 0 Å². The first-order chi connectivity index (χ1) is 20.4. The molecule has 0 saturated heterocycles. The Hall–Kier alpha value is -4.80. The Morgan fingerprint density at radius 1 is 0.905 bits per heavy atom. The Labute approximate surface area is 251 Å². The predicted octanol–water partition coefficient (Wildman–Crippen LogP) is 5.14. The summed E-state index contributed by atoms with van der Waals surface area (Å²) in [4.78, 5) is 34.5. The van der Waals surface area contributed by atoms with Gasteiger partial charge in [-0.25, -0.2) is 0 Å². The van der Waals surface area contributed by atoms with E-state index in [1.807, 2.05) is 24.3 Å². The third-order valence-corrected chi connectivity index (χ3v) is 6.86. The van der Waals surface area contributed by atoms with Crippen molar-refractivity contribution in [3.63, 3.8) is 0 Å². The second-order valence-corrected chi connectivity index (χ2v) is 10.0. The summed E-state index contributed by atoms with van der Waals surface area (Å²) < 4.78 is 5.22. The number of hydrogen-bond donors (Lipinski definition) is 1. The number of carbonyl (C=O) groups is 2. The number of tetrazole rings is 1. The molecular weight excluding hydrogens is 577 g/mol. The normalized spacial score (nSPS) is 11.5. The monoisotopic (exact) mass is 601 g/mol. The zero-order chi connectivity index (χ0) is 29.5. The first-order valence-corrected chi connectivity index (χ1v) is 13.6. The van der Waals surface area contributed by atoms with Gasteiger partial charge in [-0.2, -0.15) is 4.80 Å². The number of nitrogens with one attached hydrogen (secondary N) is 1. The highest BCUT2D eigenvalue weighted by molar-refractivity contribution is 6.31. The minimum atomic E-state index is -1.04. The number of benzene rings is 3. The lowest BCUT2D eigenvalue weighted by Gasteiger charge is -2.31. The molecule has 0 aliphatic carbocycles. The molecule has 5 rings (SSSR count). The predicted molar refractivity (Wildman–Crippen MR) is 159 cm³/mol. The zero-order valence-electron chi connectivity index (χ0n) is 22.4. The largest absolute Gasteiger partial charge is 0.497 e. The summed E-state index contributed by atoms with van der Waals surface area (Å²) in [5.41, 5.74) is 2.58. The number of amides is 2. The molecule has 42 heavy (non-hydrogen) atoms. The summed E-state index contributed by atoms with van der Waals surface area (Å²) in [5.74, 6) is 0.202. The molecule has 1 atom stereocenters. The first-order valence-electron chi connectivity index (χ1n) is 12.8. The van der Waals surface area contributed by atoms with E-state index in [0.717, 1.165) is 5.56 Å². The topological polar surface area (TPSA) is 115 Å². The van der Waals surface area contributed by atoms with Gasteiger partial charge in [-0.1, -0.05) is 35.3 Å². The molecule has 10 nitrogen and oxygen atoms in total. The molecule has 2 aromatic heterocycles. The SMILES string of the molecule is COc1ccc(CNC(=O)[C@H](c2ccncc2)N(C(=O)Cn2nnc(-c3ccc(Cl)cc3)n2)c2ccc(Cl)cc2)cc1.